The molecule has 0 aromatic carbocycles. The summed E-state index contributed by atoms with van der Waals surface area (Å²) in [7, 11) is 0. The van der Waals surface area contributed by atoms with Crippen LogP contribution in [-0.2, 0) is 6.54 Å². The van der Waals surface area contributed by atoms with E-state index in [0.29, 0.717) is 17.6 Å². The SMILES string of the molecule is O=C(NCc1cn2ccc(Cl)cc2n1)NC1CCCCC1. The molecule has 0 spiro atoms. The van der Waals surface area contributed by atoms with E-state index in [1.807, 2.05) is 22.9 Å². The Balaban J connectivity index is 1.54. The number of amides is 2. The summed E-state index contributed by atoms with van der Waals surface area (Å²) in [5, 5.41) is 6.54. The summed E-state index contributed by atoms with van der Waals surface area (Å²) in [6.07, 6.45) is 9.61. The molecule has 0 saturated heterocycles. The van der Waals surface area contributed by atoms with Crippen LogP contribution in [0, 0.1) is 0 Å². The molecule has 0 unspecified atom stereocenters. The summed E-state index contributed by atoms with van der Waals surface area (Å²) in [6.45, 7) is 0.415. The average molecular weight is 307 g/mol. The van der Waals surface area contributed by atoms with Gasteiger partial charge in [0.15, 0.2) is 0 Å². The number of fused-ring (bicyclic) bond motifs is 1. The van der Waals surface area contributed by atoms with Gasteiger partial charge in [-0.25, -0.2) is 9.78 Å². The molecular weight excluding hydrogens is 288 g/mol. The molecule has 1 fully saturated rings. The van der Waals surface area contributed by atoms with E-state index in [1.54, 1.807) is 6.07 Å². The zero-order valence-corrected chi connectivity index (χ0v) is 12.6. The van der Waals surface area contributed by atoms with Crippen molar-refractivity contribution < 1.29 is 4.79 Å². The Morgan fingerprint density at radius 3 is 3.00 bits per heavy atom. The van der Waals surface area contributed by atoms with Gasteiger partial charge in [0.25, 0.3) is 0 Å². The Morgan fingerprint density at radius 1 is 1.38 bits per heavy atom. The molecule has 0 bridgehead atoms. The van der Waals surface area contributed by atoms with Crippen molar-refractivity contribution in [2.24, 2.45) is 0 Å². The highest BCUT2D eigenvalue weighted by Gasteiger charge is 2.15. The number of urea groups is 1. The molecule has 2 aromatic heterocycles. The third-order valence-corrected chi connectivity index (χ3v) is 4.08. The fourth-order valence-corrected chi connectivity index (χ4v) is 2.90. The number of carbonyl (C=O) groups excluding carboxylic acids is 1. The van der Waals surface area contributed by atoms with E-state index in [0.717, 1.165) is 24.2 Å². The van der Waals surface area contributed by atoms with Crippen LogP contribution < -0.4 is 10.6 Å². The van der Waals surface area contributed by atoms with Crippen LogP contribution in [0.5, 0.6) is 0 Å². The highest BCUT2D eigenvalue weighted by atomic mass is 35.5. The summed E-state index contributed by atoms with van der Waals surface area (Å²) < 4.78 is 1.89. The van der Waals surface area contributed by atoms with E-state index in [4.69, 9.17) is 11.6 Å². The van der Waals surface area contributed by atoms with Gasteiger partial charge in [-0.3, -0.25) is 0 Å². The van der Waals surface area contributed by atoms with Gasteiger partial charge in [-0.1, -0.05) is 30.9 Å². The number of carbonyl (C=O) groups is 1. The summed E-state index contributed by atoms with van der Waals surface area (Å²) in [5.74, 6) is 0. The van der Waals surface area contributed by atoms with E-state index >= 15 is 0 Å². The predicted molar refractivity (Wildman–Crippen MR) is 82.4 cm³/mol. The van der Waals surface area contributed by atoms with Crippen molar-refractivity contribution in [2.75, 3.05) is 0 Å². The van der Waals surface area contributed by atoms with Gasteiger partial charge in [-0.15, -0.1) is 0 Å². The van der Waals surface area contributed by atoms with Gasteiger partial charge in [-0.05, 0) is 25.0 Å². The lowest BCUT2D eigenvalue weighted by Crippen LogP contribution is -2.42. The molecule has 2 N–H and O–H groups in total. The summed E-state index contributed by atoms with van der Waals surface area (Å²) >= 11 is 5.93. The zero-order chi connectivity index (χ0) is 14.7. The molecule has 3 rings (SSSR count). The van der Waals surface area contributed by atoms with Crippen LogP contribution in [-0.4, -0.2) is 21.5 Å². The van der Waals surface area contributed by atoms with Crippen molar-refractivity contribution in [1.82, 2.24) is 20.0 Å². The van der Waals surface area contributed by atoms with Crippen LogP contribution in [0.2, 0.25) is 5.02 Å². The number of aromatic nitrogens is 2. The number of halogens is 1. The van der Waals surface area contributed by atoms with Crippen LogP contribution in [0.1, 0.15) is 37.8 Å². The maximum Gasteiger partial charge on any atom is 0.315 e. The van der Waals surface area contributed by atoms with Gasteiger partial charge in [0.2, 0.25) is 0 Å². The first kappa shape index (κ1) is 14.2. The van der Waals surface area contributed by atoms with Crippen LogP contribution >= 0.6 is 11.6 Å². The quantitative estimate of drug-likeness (QED) is 0.915. The highest BCUT2D eigenvalue weighted by Crippen LogP contribution is 2.17. The number of imidazole rings is 1. The summed E-state index contributed by atoms with van der Waals surface area (Å²) in [5.41, 5.74) is 1.60. The van der Waals surface area contributed by atoms with Gasteiger partial charge in [0.05, 0.1) is 12.2 Å². The fourth-order valence-electron chi connectivity index (χ4n) is 2.75. The first-order valence-electron chi connectivity index (χ1n) is 7.38. The van der Waals surface area contributed by atoms with Crippen LogP contribution in [0.3, 0.4) is 0 Å². The molecule has 1 aliphatic rings. The predicted octanol–water partition coefficient (Wildman–Crippen LogP) is 3.12. The van der Waals surface area contributed by atoms with E-state index in [2.05, 4.69) is 15.6 Å². The molecule has 1 saturated carbocycles. The minimum absolute atomic E-state index is 0.114. The molecule has 6 heteroatoms. The van der Waals surface area contributed by atoms with Crippen LogP contribution in [0.15, 0.2) is 24.5 Å². The normalized spacial score (nSPS) is 16.0. The lowest BCUT2D eigenvalue weighted by atomic mass is 9.96. The largest absolute Gasteiger partial charge is 0.335 e. The maximum atomic E-state index is 11.9. The van der Waals surface area contributed by atoms with Gasteiger partial charge < -0.3 is 15.0 Å². The fraction of sp³-hybridized carbons (Fsp3) is 0.467. The van der Waals surface area contributed by atoms with E-state index < -0.39 is 0 Å². The Labute approximate surface area is 128 Å². The number of hydrogen-bond donors (Lipinski definition) is 2. The van der Waals surface area contributed by atoms with Crippen molar-refractivity contribution >= 4 is 23.3 Å². The first-order chi connectivity index (χ1) is 10.2. The third kappa shape index (κ3) is 3.67. The minimum Gasteiger partial charge on any atom is -0.335 e. The number of rotatable bonds is 3. The topological polar surface area (TPSA) is 58.4 Å². The smallest absolute Gasteiger partial charge is 0.315 e. The number of pyridine rings is 1. The van der Waals surface area contributed by atoms with Crippen molar-refractivity contribution in [3.63, 3.8) is 0 Å². The Hall–Kier alpha value is -1.75. The Bertz CT molecular complexity index is 634. The molecule has 2 amide bonds. The first-order valence-corrected chi connectivity index (χ1v) is 7.76. The third-order valence-electron chi connectivity index (χ3n) is 3.84. The Kier molecular flexibility index (Phi) is 4.29. The average Bonchev–Trinajstić information content (AvgIpc) is 2.88. The van der Waals surface area contributed by atoms with E-state index in [1.165, 1.54) is 19.3 Å². The van der Waals surface area contributed by atoms with Gasteiger partial charge in [-0.2, -0.15) is 0 Å². The summed E-state index contributed by atoms with van der Waals surface area (Å²) in [4.78, 5) is 16.3. The van der Waals surface area contributed by atoms with Gasteiger partial charge in [0.1, 0.15) is 5.65 Å². The molecule has 2 aromatic rings. The van der Waals surface area contributed by atoms with Crippen LogP contribution in [0.4, 0.5) is 4.79 Å². The van der Waals surface area contributed by atoms with Crippen molar-refractivity contribution in [3.8, 4) is 0 Å². The lowest BCUT2D eigenvalue weighted by Gasteiger charge is -2.22. The van der Waals surface area contributed by atoms with E-state index in [9.17, 15) is 4.79 Å². The molecule has 0 aliphatic heterocycles. The second-order valence-electron chi connectivity index (χ2n) is 5.50. The van der Waals surface area contributed by atoms with E-state index in [-0.39, 0.29) is 6.03 Å². The number of nitrogens with one attached hydrogen (secondary N) is 2. The Morgan fingerprint density at radius 2 is 2.19 bits per heavy atom. The van der Waals surface area contributed by atoms with Crippen molar-refractivity contribution in [3.05, 3.63) is 35.2 Å². The molecule has 5 nitrogen and oxygen atoms in total. The van der Waals surface area contributed by atoms with Crippen molar-refractivity contribution in [1.29, 1.82) is 0 Å². The highest BCUT2D eigenvalue weighted by molar-refractivity contribution is 6.30. The number of hydrogen-bond acceptors (Lipinski definition) is 2. The molecular formula is C15H19ClN4O. The molecule has 21 heavy (non-hydrogen) atoms. The van der Waals surface area contributed by atoms with Gasteiger partial charge >= 0.3 is 6.03 Å². The lowest BCUT2D eigenvalue weighted by molar-refractivity contribution is 0.232. The second kappa shape index (κ2) is 6.35. The van der Waals surface area contributed by atoms with Crippen LogP contribution in [0.25, 0.3) is 5.65 Å². The zero-order valence-electron chi connectivity index (χ0n) is 11.8. The van der Waals surface area contributed by atoms with Gasteiger partial charge in [0, 0.05) is 23.5 Å². The monoisotopic (exact) mass is 306 g/mol. The maximum absolute atomic E-state index is 11.9. The van der Waals surface area contributed by atoms with Crippen molar-refractivity contribution in [2.45, 2.75) is 44.7 Å². The molecule has 0 radical (unpaired) electrons. The molecule has 1 aliphatic carbocycles. The minimum atomic E-state index is -0.114. The molecule has 112 valence electrons. The summed E-state index contributed by atoms with van der Waals surface area (Å²) in [6, 6.07) is 3.81. The second-order valence-corrected chi connectivity index (χ2v) is 5.94. The number of nitrogens with zero attached hydrogens (tertiary/aromatic N) is 2. The standard InChI is InChI=1S/C15H19ClN4O/c16-11-6-7-20-10-13(18-14(20)8-11)9-17-15(21)19-12-4-2-1-3-5-12/h6-8,10,12H,1-5,9H2,(H2,17,19,21). The molecule has 2 heterocycles. The molecule has 0 atom stereocenters.